The highest BCUT2D eigenvalue weighted by Gasteiger charge is 2.51. The number of imidazole rings is 1. The number of thioether (sulfide) groups is 1. The van der Waals surface area contributed by atoms with Crippen LogP contribution in [0.15, 0.2) is 52.6 Å². The fraction of sp³-hybridized carbons (Fsp3) is 0.500. The average molecular weight is 505 g/mol. The molecular formula is C24H30N3O3S3+. The molecule has 0 aromatic carbocycles. The number of nitrogens with zero attached hydrogens (tertiary/aromatic N) is 3. The van der Waals surface area contributed by atoms with Crippen LogP contribution >= 0.6 is 34.4 Å². The average Bonchev–Trinajstić information content (AvgIpc) is 3.61. The summed E-state index contributed by atoms with van der Waals surface area (Å²) in [5.41, 5.74) is -1.72. The van der Waals surface area contributed by atoms with Gasteiger partial charge in [-0.3, -0.25) is 0 Å². The Balaban J connectivity index is 1.24. The summed E-state index contributed by atoms with van der Waals surface area (Å²) in [5.74, 6) is 0.899. The number of aliphatic hydroxyl groups is 1. The lowest BCUT2D eigenvalue weighted by molar-refractivity contribution is -0.946. The van der Waals surface area contributed by atoms with Gasteiger partial charge >= 0.3 is 5.97 Å². The van der Waals surface area contributed by atoms with Gasteiger partial charge < -0.3 is 18.9 Å². The maximum atomic E-state index is 13.5. The van der Waals surface area contributed by atoms with E-state index in [1.807, 2.05) is 54.5 Å². The zero-order chi connectivity index (χ0) is 22.9. The third-order valence-electron chi connectivity index (χ3n) is 7.14. The Kier molecular flexibility index (Phi) is 6.68. The van der Waals surface area contributed by atoms with Crippen molar-refractivity contribution < 1.29 is 19.1 Å². The highest BCUT2D eigenvalue weighted by molar-refractivity contribution is 7.99. The molecule has 176 valence electrons. The molecule has 0 aliphatic carbocycles. The van der Waals surface area contributed by atoms with Crippen molar-refractivity contribution in [2.45, 2.75) is 36.1 Å². The van der Waals surface area contributed by atoms with Crippen molar-refractivity contribution in [3.05, 3.63) is 57.2 Å². The van der Waals surface area contributed by atoms with Crippen molar-refractivity contribution >= 4 is 40.4 Å². The second kappa shape index (κ2) is 9.54. The molecule has 1 N–H and O–H groups in total. The van der Waals surface area contributed by atoms with Crippen molar-refractivity contribution in [3.8, 4) is 0 Å². The summed E-state index contributed by atoms with van der Waals surface area (Å²) in [6.45, 7) is 4.27. The minimum atomic E-state index is -1.72. The third kappa shape index (κ3) is 4.53. The van der Waals surface area contributed by atoms with E-state index in [2.05, 4.69) is 9.55 Å². The Morgan fingerprint density at radius 1 is 1.27 bits per heavy atom. The van der Waals surface area contributed by atoms with Gasteiger partial charge in [0, 0.05) is 50.4 Å². The van der Waals surface area contributed by atoms with Crippen LogP contribution in [0.25, 0.3) is 0 Å². The number of carbonyl (C=O) groups is 1. The van der Waals surface area contributed by atoms with Crippen LogP contribution in [-0.2, 0) is 22.2 Å². The number of aryl methyl sites for hydroxylation is 1. The first kappa shape index (κ1) is 23.1. The quantitative estimate of drug-likeness (QED) is 0.206. The third-order valence-corrected chi connectivity index (χ3v) is 10.2. The summed E-state index contributed by atoms with van der Waals surface area (Å²) in [4.78, 5) is 19.1. The molecule has 3 aliphatic rings. The second-order valence-electron chi connectivity index (χ2n) is 9.16. The molecule has 33 heavy (non-hydrogen) atoms. The highest BCUT2D eigenvalue weighted by atomic mass is 32.2. The van der Waals surface area contributed by atoms with Crippen molar-refractivity contribution in [3.63, 3.8) is 0 Å². The number of thiophene rings is 2. The molecule has 6 nitrogen and oxygen atoms in total. The van der Waals surface area contributed by atoms with Crippen LogP contribution in [0, 0.1) is 5.92 Å². The van der Waals surface area contributed by atoms with Gasteiger partial charge in [0.15, 0.2) is 11.3 Å². The molecule has 6 heterocycles. The number of fused-ring (bicyclic) bond motifs is 3. The number of hydrogen-bond donors (Lipinski definition) is 1. The molecule has 9 heteroatoms. The maximum absolute atomic E-state index is 13.5. The Bertz CT molecular complexity index is 1020. The maximum Gasteiger partial charge on any atom is 0.349 e. The van der Waals surface area contributed by atoms with E-state index >= 15 is 0 Å². The zero-order valence-corrected chi connectivity index (χ0v) is 21.2. The Hall–Kier alpha value is -1.65. The number of hydrogen-bond acceptors (Lipinski definition) is 7. The minimum Gasteiger partial charge on any atom is -0.453 e. The lowest BCUT2D eigenvalue weighted by atomic mass is 9.83. The molecule has 3 saturated heterocycles. The van der Waals surface area contributed by atoms with Crippen LogP contribution < -0.4 is 0 Å². The number of aromatic nitrogens is 2. The Labute approximate surface area is 206 Å². The van der Waals surface area contributed by atoms with Gasteiger partial charge in [0.05, 0.1) is 29.4 Å². The fourth-order valence-electron chi connectivity index (χ4n) is 5.24. The number of ether oxygens (including phenoxy) is 1. The van der Waals surface area contributed by atoms with Crippen LogP contribution in [0.4, 0.5) is 0 Å². The number of carbonyl (C=O) groups excluding carboxylic acids is 1. The predicted molar refractivity (Wildman–Crippen MR) is 133 cm³/mol. The molecule has 3 aliphatic heterocycles. The fourth-order valence-corrected chi connectivity index (χ4v) is 7.81. The molecule has 0 amide bonds. The first-order valence-electron chi connectivity index (χ1n) is 11.5. The van der Waals surface area contributed by atoms with E-state index in [9.17, 15) is 9.90 Å². The normalized spacial score (nSPS) is 24.8. The topological polar surface area (TPSA) is 64.4 Å². The summed E-state index contributed by atoms with van der Waals surface area (Å²) in [6.07, 6.45) is 6.96. The summed E-state index contributed by atoms with van der Waals surface area (Å²) in [5, 5.41) is 16.4. The first-order chi connectivity index (χ1) is 16.0. The van der Waals surface area contributed by atoms with Crippen molar-refractivity contribution in [2.24, 2.45) is 13.0 Å². The summed E-state index contributed by atoms with van der Waals surface area (Å²) in [6, 6.07) is 7.36. The zero-order valence-electron chi connectivity index (χ0n) is 18.8. The SMILES string of the molecule is Cn1ccnc1SCCC[N+]12CCC(CC1)[C@@H](OC(=O)C(O)(c1cccs1)c1cccs1)C2. The number of piperidine rings is 3. The van der Waals surface area contributed by atoms with Gasteiger partial charge in [0.1, 0.15) is 6.54 Å². The van der Waals surface area contributed by atoms with E-state index in [1.165, 1.54) is 22.7 Å². The number of rotatable bonds is 9. The van der Waals surface area contributed by atoms with Crippen molar-refractivity contribution in [1.29, 1.82) is 0 Å². The van der Waals surface area contributed by atoms with E-state index in [4.69, 9.17) is 4.74 Å². The van der Waals surface area contributed by atoms with Gasteiger partial charge in [-0.15, -0.1) is 22.7 Å². The first-order valence-corrected chi connectivity index (χ1v) is 14.2. The van der Waals surface area contributed by atoms with Crippen molar-refractivity contribution in [1.82, 2.24) is 9.55 Å². The smallest absolute Gasteiger partial charge is 0.349 e. The molecule has 3 aromatic heterocycles. The monoisotopic (exact) mass is 504 g/mol. The number of esters is 1. The highest BCUT2D eigenvalue weighted by Crippen LogP contribution is 2.40. The van der Waals surface area contributed by atoms with Crippen LogP contribution in [0.5, 0.6) is 0 Å². The van der Waals surface area contributed by atoms with Crippen LogP contribution in [0.3, 0.4) is 0 Å². The molecule has 1 atom stereocenters. The van der Waals surface area contributed by atoms with Gasteiger partial charge in [-0.05, 0) is 22.9 Å². The molecule has 6 rings (SSSR count). The minimum absolute atomic E-state index is 0.131. The summed E-state index contributed by atoms with van der Waals surface area (Å²) in [7, 11) is 2.03. The van der Waals surface area contributed by atoms with Crippen LogP contribution in [-0.4, -0.2) is 63.1 Å². The number of quaternary nitrogens is 1. The summed E-state index contributed by atoms with van der Waals surface area (Å²) < 4.78 is 9.21. The molecule has 3 fully saturated rings. The summed E-state index contributed by atoms with van der Waals surface area (Å²) >= 11 is 4.58. The second-order valence-corrected chi connectivity index (χ2v) is 12.1. The lowest BCUT2D eigenvalue weighted by Gasteiger charge is -2.52. The Morgan fingerprint density at radius 2 is 1.97 bits per heavy atom. The largest absolute Gasteiger partial charge is 0.453 e. The van der Waals surface area contributed by atoms with Gasteiger partial charge in [-0.2, -0.15) is 0 Å². The molecule has 3 aromatic rings. The molecule has 0 radical (unpaired) electrons. The van der Waals surface area contributed by atoms with Crippen molar-refractivity contribution in [2.75, 3.05) is 31.9 Å². The van der Waals surface area contributed by atoms with Crippen LogP contribution in [0.2, 0.25) is 0 Å². The predicted octanol–water partition coefficient (Wildman–Crippen LogP) is 4.11. The van der Waals surface area contributed by atoms with Crippen LogP contribution in [0.1, 0.15) is 29.0 Å². The van der Waals surface area contributed by atoms with E-state index in [0.29, 0.717) is 15.7 Å². The molecule has 0 spiro atoms. The van der Waals surface area contributed by atoms with Gasteiger partial charge in [0.25, 0.3) is 0 Å². The van der Waals surface area contributed by atoms with Gasteiger partial charge in [0.2, 0.25) is 5.60 Å². The van der Waals surface area contributed by atoms with E-state index in [-0.39, 0.29) is 6.10 Å². The molecule has 0 unspecified atom stereocenters. The van der Waals surface area contributed by atoms with E-state index in [1.54, 1.807) is 11.8 Å². The molecule has 0 saturated carbocycles. The van der Waals surface area contributed by atoms with Gasteiger partial charge in [-0.25, -0.2) is 9.78 Å². The van der Waals surface area contributed by atoms with E-state index < -0.39 is 11.6 Å². The molecule has 2 bridgehead atoms. The van der Waals surface area contributed by atoms with E-state index in [0.717, 1.165) is 60.8 Å². The molecular weight excluding hydrogens is 474 g/mol. The standard InChI is InChI=1S/C24H30N3O3S3/c1-26-10-9-25-23(26)33-16-4-11-27-12-7-18(8-13-27)19(17-27)30-22(28)24(29,20-5-2-14-31-20)21-6-3-15-32-21/h2-3,5-6,9-10,14-15,18-19,29H,4,7-8,11-13,16-17H2,1H3/q+1/t18?,19-,27?/m0/s1. The Morgan fingerprint density at radius 3 is 2.55 bits per heavy atom. The van der Waals surface area contributed by atoms with Gasteiger partial charge in [-0.1, -0.05) is 23.9 Å². The lowest BCUT2D eigenvalue weighted by Crippen LogP contribution is -2.65.